The van der Waals surface area contributed by atoms with Gasteiger partial charge in [-0.05, 0) is 13.8 Å². The van der Waals surface area contributed by atoms with Gasteiger partial charge in [-0.1, -0.05) is 0 Å². The molecule has 0 radical (unpaired) electrons. The summed E-state index contributed by atoms with van der Waals surface area (Å²) in [5, 5.41) is 0. The van der Waals surface area contributed by atoms with Gasteiger partial charge >= 0.3 is 0 Å². The number of nitrogens with two attached hydrogens (primary N) is 1. The Hall–Kier alpha value is -2.31. The summed E-state index contributed by atoms with van der Waals surface area (Å²) in [7, 11) is 0. The van der Waals surface area contributed by atoms with E-state index in [1.807, 2.05) is 19.9 Å². The fourth-order valence-electron chi connectivity index (χ4n) is 2.30. The van der Waals surface area contributed by atoms with Crippen molar-refractivity contribution < 1.29 is 4.74 Å². The van der Waals surface area contributed by atoms with Gasteiger partial charge in [0.2, 0.25) is 11.8 Å². The Morgan fingerprint density at radius 2 is 2.25 bits per heavy atom. The molecule has 1 aliphatic heterocycles. The molecule has 0 bridgehead atoms. The first kappa shape index (κ1) is 12.7. The van der Waals surface area contributed by atoms with Crippen molar-refractivity contribution in [2.24, 2.45) is 0 Å². The topological polar surface area (TPSA) is 93.0 Å². The predicted octanol–water partition coefficient (Wildman–Crippen LogP) is 1.13. The van der Waals surface area contributed by atoms with E-state index in [0.717, 1.165) is 36.7 Å². The van der Waals surface area contributed by atoms with E-state index in [1.165, 1.54) is 0 Å². The van der Waals surface area contributed by atoms with Crippen LogP contribution in [-0.4, -0.2) is 32.6 Å². The molecule has 0 unspecified atom stereocenters. The number of nitrogens with one attached hydrogen (secondary N) is 1. The van der Waals surface area contributed by atoms with Crippen molar-refractivity contribution >= 4 is 11.8 Å². The Morgan fingerprint density at radius 1 is 1.40 bits per heavy atom. The molecule has 7 heteroatoms. The van der Waals surface area contributed by atoms with Gasteiger partial charge in [0.05, 0.1) is 30.4 Å². The monoisotopic (exact) mass is 274 g/mol. The zero-order valence-electron chi connectivity index (χ0n) is 11.6. The van der Waals surface area contributed by atoms with Crippen molar-refractivity contribution in [3.8, 4) is 5.88 Å². The molecule has 2 aromatic heterocycles. The largest absolute Gasteiger partial charge is 0.475 e. The number of imidazole rings is 1. The van der Waals surface area contributed by atoms with E-state index in [-0.39, 0.29) is 12.1 Å². The van der Waals surface area contributed by atoms with Gasteiger partial charge in [-0.3, -0.25) is 0 Å². The molecule has 0 saturated carbocycles. The Labute approximate surface area is 117 Å². The van der Waals surface area contributed by atoms with Crippen LogP contribution in [0.1, 0.15) is 25.2 Å². The molecule has 0 atom stereocenters. The van der Waals surface area contributed by atoms with Crippen molar-refractivity contribution in [3.63, 3.8) is 0 Å². The molecule has 0 fully saturated rings. The first-order chi connectivity index (χ1) is 9.61. The summed E-state index contributed by atoms with van der Waals surface area (Å²) < 4.78 is 5.60. The standard InChI is InChI=1S/C13H18N6O/c1-8(2)20-12-5-11(17-13(14)18-12)19-4-3-9-10(6-19)16-7-15-9/h5,7-8H,3-4,6H2,1-2H3,(H,15,16)(H2,14,17,18). The van der Waals surface area contributed by atoms with Crippen LogP contribution in [0.15, 0.2) is 12.4 Å². The van der Waals surface area contributed by atoms with Crippen LogP contribution in [0.3, 0.4) is 0 Å². The summed E-state index contributed by atoms with van der Waals surface area (Å²) in [4.78, 5) is 18.0. The van der Waals surface area contributed by atoms with Crippen LogP contribution >= 0.6 is 0 Å². The van der Waals surface area contributed by atoms with E-state index in [0.29, 0.717) is 5.88 Å². The summed E-state index contributed by atoms with van der Waals surface area (Å²) >= 11 is 0. The van der Waals surface area contributed by atoms with Crippen molar-refractivity contribution in [1.82, 2.24) is 19.9 Å². The first-order valence-corrected chi connectivity index (χ1v) is 6.69. The molecule has 3 heterocycles. The number of anilines is 2. The first-order valence-electron chi connectivity index (χ1n) is 6.69. The van der Waals surface area contributed by atoms with Gasteiger partial charge in [0.25, 0.3) is 0 Å². The number of hydrogen-bond donors (Lipinski definition) is 2. The zero-order valence-corrected chi connectivity index (χ0v) is 11.6. The Bertz CT molecular complexity index is 609. The average molecular weight is 274 g/mol. The lowest BCUT2D eigenvalue weighted by atomic mass is 10.1. The molecule has 3 N–H and O–H groups in total. The number of aromatic amines is 1. The van der Waals surface area contributed by atoms with Crippen LogP contribution in [0, 0.1) is 0 Å². The Kier molecular flexibility index (Phi) is 3.17. The summed E-state index contributed by atoms with van der Waals surface area (Å²) in [6, 6.07) is 1.83. The fourth-order valence-corrected chi connectivity index (χ4v) is 2.30. The second kappa shape index (κ2) is 4.99. The van der Waals surface area contributed by atoms with Crippen molar-refractivity contribution in [3.05, 3.63) is 23.8 Å². The summed E-state index contributed by atoms with van der Waals surface area (Å²) in [6.45, 7) is 5.51. The quantitative estimate of drug-likeness (QED) is 0.871. The molecule has 7 nitrogen and oxygen atoms in total. The fraction of sp³-hybridized carbons (Fsp3) is 0.462. The normalized spacial score (nSPS) is 14.4. The van der Waals surface area contributed by atoms with Crippen molar-refractivity contribution in [2.75, 3.05) is 17.2 Å². The third kappa shape index (κ3) is 2.52. The van der Waals surface area contributed by atoms with Crippen LogP contribution in [0.2, 0.25) is 0 Å². The van der Waals surface area contributed by atoms with E-state index in [9.17, 15) is 0 Å². The third-order valence-electron chi connectivity index (χ3n) is 3.16. The number of fused-ring (bicyclic) bond motifs is 1. The molecular weight excluding hydrogens is 256 g/mol. The van der Waals surface area contributed by atoms with E-state index >= 15 is 0 Å². The van der Waals surface area contributed by atoms with Crippen molar-refractivity contribution in [1.29, 1.82) is 0 Å². The number of ether oxygens (including phenoxy) is 1. The Morgan fingerprint density at radius 3 is 3.05 bits per heavy atom. The molecule has 0 amide bonds. The second-order valence-electron chi connectivity index (χ2n) is 5.09. The van der Waals surface area contributed by atoms with Crippen LogP contribution in [0.5, 0.6) is 5.88 Å². The number of nitrogen functional groups attached to an aromatic ring is 1. The molecule has 2 aromatic rings. The smallest absolute Gasteiger partial charge is 0.225 e. The minimum Gasteiger partial charge on any atom is -0.475 e. The molecule has 0 spiro atoms. The third-order valence-corrected chi connectivity index (χ3v) is 3.16. The van der Waals surface area contributed by atoms with Gasteiger partial charge in [-0.25, -0.2) is 4.98 Å². The predicted molar refractivity (Wildman–Crippen MR) is 75.6 cm³/mol. The molecule has 3 rings (SSSR count). The van der Waals surface area contributed by atoms with Gasteiger partial charge in [0.1, 0.15) is 5.82 Å². The SMILES string of the molecule is CC(C)Oc1cc(N2CCc3nc[nH]c3C2)nc(N)n1. The van der Waals surface area contributed by atoms with Crippen LogP contribution in [0.4, 0.5) is 11.8 Å². The highest BCUT2D eigenvalue weighted by atomic mass is 16.5. The summed E-state index contributed by atoms with van der Waals surface area (Å²) in [6.07, 6.45) is 2.68. The number of aromatic nitrogens is 4. The maximum absolute atomic E-state index is 5.77. The molecular formula is C13H18N6O. The van der Waals surface area contributed by atoms with Crippen LogP contribution < -0.4 is 15.4 Å². The molecule has 1 aliphatic rings. The zero-order chi connectivity index (χ0) is 14.1. The number of hydrogen-bond acceptors (Lipinski definition) is 6. The van der Waals surface area contributed by atoms with Gasteiger partial charge in [0, 0.05) is 19.0 Å². The summed E-state index contributed by atoms with van der Waals surface area (Å²) in [5.74, 6) is 1.53. The molecule has 20 heavy (non-hydrogen) atoms. The highest BCUT2D eigenvalue weighted by Gasteiger charge is 2.20. The lowest BCUT2D eigenvalue weighted by molar-refractivity contribution is 0.232. The second-order valence-corrected chi connectivity index (χ2v) is 5.09. The minimum absolute atomic E-state index is 0.0534. The minimum atomic E-state index is 0.0534. The van der Waals surface area contributed by atoms with Gasteiger partial charge < -0.3 is 20.4 Å². The highest BCUT2D eigenvalue weighted by molar-refractivity contribution is 5.47. The maximum Gasteiger partial charge on any atom is 0.225 e. The molecule has 106 valence electrons. The van der Waals surface area contributed by atoms with Gasteiger partial charge in [0.15, 0.2) is 0 Å². The number of nitrogens with zero attached hydrogens (tertiary/aromatic N) is 4. The van der Waals surface area contributed by atoms with Crippen LogP contribution in [0.25, 0.3) is 0 Å². The maximum atomic E-state index is 5.77. The lowest BCUT2D eigenvalue weighted by Gasteiger charge is -2.27. The lowest BCUT2D eigenvalue weighted by Crippen LogP contribution is -2.31. The van der Waals surface area contributed by atoms with E-state index in [4.69, 9.17) is 10.5 Å². The molecule has 0 aromatic carbocycles. The number of H-pyrrole nitrogens is 1. The Balaban J connectivity index is 1.85. The number of rotatable bonds is 3. The van der Waals surface area contributed by atoms with Crippen LogP contribution in [-0.2, 0) is 13.0 Å². The van der Waals surface area contributed by atoms with Gasteiger partial charge in [-0.2, -0.15) is 9.97 Å². The van der Waals surface area contributed by atoms with E-state index in [2.05, 4.69) is 24.8 Å². The highest BCUT2D eigenvalue weighted by Crippen LogP contribution is 2.24. The van der Waals surface area contributed by atoms with Crippen molar-refractivity contribution in [2.45, 2.75) is 32.9 Å². The summed E-state index contributed by atoms with van der Waals surface area (Å²) in [5.41, 5.74) is 8.02. The molecule has 0 saturated heterocycles. The average Bonchev–Trinajstić information content (AvgIpc) is 2.84. The van der Waals surface area contributed by atoms with Gasteiger partial charge in [-0.15, -0.1) is 0 Å². The molecule has 0 aliphatic carbocycles. The van der Waals surface area contributed by atoms with E-state index in [1.54, 1.807) is 6.33 Å². The van der Waals surface area contributed by atoms with E-state index < -0.39 is 0 Å².